The molecule has 0 aromatic heterocycles. The average Bonchev–Trinajstić information content (AvgIpc) is 2.44. The summed E-state index contributed by atoms with van der Waals surface area (Å²) in [5.41, 5.74) is 5.76. The summed E-state index contributed by atoms with van der Waals surface area (Å²) in [5, 5.41) is 0.390. The van der Waals surface area contributed by atoms with E-state index < -0.39 is 21.4 Å². The number of hydrogen-bond acceptors (Lipinski definition) is 3. The molecule has 0 atom stereocenters. The van der Waals surface area contributed by atoms with Crippen LogP contribution < -0.4 is 5.73 Å². The van der Waals surface area contributed by atoms with Gasteiger partial charge in [-0.15, -0.1) is 0 Å². The van der Waals surface area contributed by atoms with Crippen molar-refractivity contribution in [2.24, 2.45) is 5.73 Å². The van der Waals surface area contributed by atoms with Crippen LogP contribution in [0.25, 0.3) is 0 Å². The maximum Gasteiger partial charge on any atom is 0.182 e. The SMILES string of the molecule is NCc1cccc(CS(=O)(=O)c2ccc(Cl)c(Cl)c2)c1F. The second kappa shape index (κ2) is 6.32. The first kappa shape index (κ1) is 16.2. The van der Waals surface area contributed by atoms with E-state index in [0.29, 0.717) is 0 Å². The molecule has 2 aromatic rings. The first-order chi connectivity index (χ1) is 9.85. The highest BCUT2D eigenvalue weighted by Gasteiger charge is 2.19. The maximum atomic E-state index is 14.1. The van der Waals surface area contributed by atoms with E-state index in [-0.39, 0.29) is 32.6 Å². The molecule has 0 aliphatic rings. The Labute approximate surface area is 132 Å². The lowest BCUT2D eigenvalue weighted by molar-refractivity contribution is 0.582. The van der Waals surface area contributed by atoms with Crippen LogP contribution in [0.4, 0.5) is 4.39 Å². The van der Waals surface area contributed by atoms with Crippen molar-refractivity contribution in [2.75, 3.05) is 0 Å². The minimum atomic E-state index is -3.72. The number of sulfone groups is 1. The van der Waals surface area contributed by atoms with Crippen LogP contribution in [-0.4, -0.2) is 8.42 Å². The zero-order valence-corrected chi connectivity index (χ0v) is 13.1. The van der Waals surface area contributed by atoms with Gasteiger partial charge in [-0.2, -0.15) is 0 Å². The predicted octanol–water partition coefficient (Wildman–Crippen LogP) is 3.57. The van der Waals surface area contributed by atoms with Crippen LogP contribution in [0.1, 0.15) is 11.1 Å². The number of hydrogen-bond donors (Lipinski definition) is 1. The van der Waals surface area contributed by atoms with E-state index in [2.05, 4.69) is 0 Å². The Morgan fingerprint density at radius 2 is 1.71 bits per heavy atom. The van der Waals surface area contributed by atoms with Gasteiger partial charge in [0, 0.05) is 17.7 Å². The summed E-state index contributed by atoms with van der Waals surface area (Å²) in [6, 6.07) is 8.50. The van der Waals surface area contributed by atoms with Crippen molar-refractivity contribution >= 4 is 33.0 Å². The fourth-order valence-corrected chi connectivity index (χ4v) is 3.60. The summed E-state index contributed by atoms with van der Waals surface area (Å²) in [5.74, 6) is -1.06. The molecule has 0 bridgehead atoms. The summed E-state index contributed by atoms with van der Waals surface area (Å²) in [4.78, 5) is -0.00514. The van der Waals surface area contributed by atoms with Crippen molar-refractivity contribution in [2.45, 2.75) is 17.2 Å². The topological polar surface area (TPSA) is 60.2 Å². The van der Waals surface area contributed by atoms with Crippen molar-refractivity contribution in [3.63, 3.8) is 0 Å². The minimum absolute atomic E-state index is 0.00514. The van der Waals surface area contributed by atoms with Gasteiger partial charge in [-0.1, -0.05) is 41.4 Å². The number of halogens is 3. The normalized spacial score (nSPS) is 11.6. The van der Waals surface area contributed by atoms with Crippen LogP contribution in [0.3, 0.4) is 0 Å². The Kier molecular flexibility index (Phi) is 4.88. The largest absolute Gasteiger partial charge is 0.326 e. The first-order valence-electron chi connectivity index (χ1n) is 5.99. The molecule has 2 N–H and O–H groups in total. The number of benzene rings is 2. The summed E-state index contributed by atoms with van der Waals surface area (Å²) in [6.07, 6.45) is 0. The fourth-order valence-electron chi connectivity index (χ4n) is 1.86. The van der Waals surface area contributed by atoms with Crippen molar-refractivity contribution < 1.29 is 12.8 Å². The predicted molar refractivity (Wildman–Crippen MR) is 81.6 cm³/mol. The Hall–Kier alpha value is -1.14. The van der Waals surface area contributed by atoms with E-state index in [4.69, 9.17) is 28.9 Å². The lowest BCUT2D eigenvalue weighted by Crippen LogP contribution is -2.09. The van der Waals surface area contributed by atoms with E-state index in [1.165, 1.54) is 30.3 Å². The van der Waals surface area contributed by atoms with Crippen LogP contribution >= 0.6 is 23.2 Å². The molecule has 0 heterocycles. The lowest BCUT2D eigenvalue weighted by Gasteiger charge is -2.09. The molecule has 2 aromatic carbocycles. The van der Waals surface area contributed by atoms with Gasteiger partial charge in [-0.25, -0.2) is 12.8 Å². The van der Waals surface area contributed by atoms with Crippen LogP contribution in [0.15, 0.2) is 41.3 Å². The maximum absolute atomic E-state index is 14.1. The van der Waals surface area contributed by atoms with Gasteiger partial charge >= 0.3 is 0 Å². The Morgan fingerprint density at radius 1 is 1.05 bits per heavy atom. The van der Waals surface area contributed by atoms with Crippen LogP contribution in [0.5, 0.6) is 0 Å². The van der Waals surface area contributed by atoms with Gasteiger partial charge in [-0.3, -0.25) is 0 Å². The molecule has 21 heavy (non-hydrogen) atoms. The molecule has 0 saturated heterocycles. The van der Waals surface area contributed by atoms with E-state index in [9.17, 15) is 12.8 Å². The monoisotopic (exact) mass is 347 g/mol. The summed E-state index contributed by atoms with van der Waals surface area (Å²) in [6.45, 7) is 0.00644. The van der Waals surface area contributed by atoms with Crippen molar-refractivity contribution in [1.29, 1.82) is 0 Å². The summed E-state index contributed by atoms with van der Waals surface area (Å²) >= 11 is 11.6. The minimum Gasteiger partial charge on any atom is -0.326 e. The molecule has 0 aliphatic heterocycles. The molecule has 0 radical (unpaired) electrons. The Morgan fingerprint density at radius 3 is 2.33 bits per heavy atom. The molecule has 0 fully saturated rings. The molecule has 2 rings (SSSR count). The van der Waals surface area contributed by atoms with Crippen molar-refractivity contribution in [3.8, 4) is 0 Å². The molecule has 0 amide bonds. The Bertz CT molecular complexity index is 779. The van der Waals surface area contributed by atoms with E-state index in [1.54, 1.807) is 6.07 Å². The van der Waals surface area contributed by atoms with Crippen LogP contribution in [0, 0.1) is 5.82 Å². The Balaban J connectivity index is 2.40. The van der Waals surface area contributed by atoms with E-state index >= 15 is 0 Å². The molecule has 0 spiro atoms. The standard InChI is InChI=1S/C14H12Cl2FNO2S/c15-12-5-4-11(6-13(12)16)21(19,20)8-10-3-1-2-9(7-18)14(10)17/h1-6H,7-8,18H2. The highest BCUT2D eigenvalue weighted by atomic mass is 35.5. The molecule has 0 aliphatic carbocycles. The third kappa shape index (κ3) is 3.55. The number of rotatable bonds is 4. The first-order valence-corrected chi connectivity index (χ1v) is 8.40. The second-order valence-electron chi connectivity index (χ2n) is 4.43. The highest BCUT2D eigenvalue weighted by molar-refractivity contribution is 7.90. The van der Waals surface area contributed by atoms with Crippen LogP contribution in [0.2, 0.25) is 10.0 Å². The summed E-state index contributed by atoms with van der Waals surface area (Å²) < 4.78 is 38.7. The van der Waals surface area contributed by atoms with Crippen molar-refractivity contribution in [3.05, 3.63) is 63.4 Å². The molecular formula is C14H12Cl2FNO2S. The molecule has 112 valence electrons. The molecular weight excluding hydrogens is 336 g/mol. The van der Waals surface area contributed by atoms with Crippen molar-refractivity contribution in [1.82, 2.24) is 0 Å². The third-order valence-corrected chi connectivity index (χ3v) is 5.38. The van der Waals surface area contributed by atoms with E-state index in [0.717, 1.165) is 0 Å². The van der Waals surface area contributed by atoms with Gasteiger partial charge in [0.2, 0.25) is 0 Å². The second-order valence-corrected chi connectivity index (χ2v) is 7.23. The van der Waals surface area contributed by atoms with Gasteiger partial charge in [-0.05, 0) is 18.2 Å². The van der Waals surface area contributed by atoms with Gasteiger partial charge in [0.25, 0.3) is 0 Å². The molecule has 3 nitrogen and oxygen atoms in total. The van der Waals surface area contributed by atoms with Crippen LogP contribution in [-0.2, 0) is 22.1 Å². The van der Waals surface area contributed by atoms with Gasteiger partial charge in [0.15, 0.2) is 9.84 Å². The molecule has 0 saturated carbocycles. The smallest absolute Gasteiger partial charge is 0.182 e. The van der Waals surface area contributed by atoms with E-state index in [1.807, 2.05) is 0 Å². The zero-order chi connectivity index (χ0) is 15.6. The summed E-state index contributed by atoms with van der Waals surface area (Å²) in [7, 11) is -3.72. The zero-order valence-electron chi connectivity index (χ0n) is 10.8. The van der Waals surface area contributed by atoms with Gasteiger partial charge in [0.1, 0.15) is 5.82 Å². The average molecular weight is 348 g/mol. The fraction of sp³-hybridized carbons (Fsp3) is 0.143. The van der Waals surface area contributed by atoms with Gasteiger partial charge < -0.3 is 5.73 Å². The third-order valence-electron chi connectivity index (χ3n) is 2.97. The number of nitrogens with two attached hydrogens (primary N) is 1. The highest BCUT2D eigenvalue weighted by Crippen LogP contribution is 2.27. The molecule has 0 unspecified atom stereocenters. The quantitative estimate of drug-likeness (QED) is 0.919. The lowest BCUT2D eigenvalue weighted by atomic mass is 10.1. The molecule has 7 heteroatoms. The van der Waals surface area contributed by atoms with Gasteiger partial charge in [0.05, 0.1) is 20.7 Å².